The van der Waals surface area contributed by atoms with Crippen molar-refractivity contribution in [1.29, 1.82) is 0 Å². The molecule has 31 heavy (non-hydrogen) atoms. The molecule has 0 saturated carbocycles. The summed E-state index contributed by atoms with van der Waals surface area (Å²) < 4.78 is 11.5. The first-order valence-electron chi connectivity index (χ1n) is 10.0. The molecule has 1 amide bonds. The van der Waals surface area contributed by atoms with E-state index in [2.05, 4.69) is 5.32 Å². The number of nitrogens with one attached hydrogen (secondary N) is 1. The van der Waals surface area contributed by atoms with Crippen LogP contribution in [0.2, 0.25) is 0 Å². The van der Waals surface area contributed by atoms with Gasteiger partial charge in [-0.2, -0.15) is 0 Å². The second-order valence-corrected chi connectivity index (χ2v) is 6.98. The minimum Gasteiger partial charge on any atom is -0.507 e. The van der Waals surface area contributed by atoms with Gasteiger partial charge in [0.05, 0.1) is 18.8 Å². The average Bonchev–Trinajstić information content (AvgIpc) is 2.72. The maximum Gasteiger partial charge on any atom is 0.394 e. The quantitative estimate of drug-likeness (QED) is 0.299. The van der Waals surface area contributed by atoms with Crippen molar-refractivity contribution in [3.05, 3.63) is 47.0 Å². The van der Waals surface area contributed by atoms with Gasteiger partial charge in [0.2, 0.25) is 0 Å². The Morgan fingerprint density at radius 2 is 1.71 bits per heavy atom. The van der Waals surface area contributed by atoms with Gasteiger partial charge in [0, 0.05) is 23.2 Å². The van der Waals surface area contributed by atoms with Crippen LogP contribution in [0.4, 0.5) is 5.69 Å². The average molecular weight is 429 g/mol. The number of ether oxygens (including phenoxy) is 2. The lowest BCUT2D eigenvalue weighted by atomic mass is 10.0. The van der Waals surface area contributed by atoms with Gasteiger partial charge < -0.3 is 25.0 Å². The maximum absolute atomic E-state index is 11.6. The van der Waals surface area contributed by atoms with Gasteiger partial charge in [0.1, 0.15) is 17.2 Å². The second kappa shape index (κ2) is 11.0. The summed E-state index contributed by atoms with van der Waals surface area (Å²) in [6.45, 7) is 5.78. The van der Waals surface area contributed by atoms with Gasteiger partial charge in [-0.3, -0.25) is 9.59 Å². The SMILES string of the molecule is CCCc1c(OCCCOc2cccc(NC(=O)C(=O)O)c2C)ccc(C(C)=O)c1O. The van der Waals surface area contributed by atoms with Crippen LogP contribution in [0.5, 0.6) is 17.2 Å². The molecular weight excluding hydrogens is 402 g/mol. The predicted molar refractivity (Wildman–Crippen MR) is 115 cm³/mol. The van der Waals surface area contributed by atoms with E-state index in [-0.39, 0.29) is 17.1 Å². The number of aliphatic carboxylic acids is 1. The number of carboxylic acid groups (broad SMARTS) is 1. The molecule has 0 aliphatic heterocycles. The fourth-order valence-corrected chi connectivity index (χ4v) is 3.03. The van der Waals surface area contributed by atoms with Gasteiger partial charge in [-0.25, -0.2) is 4.79 Å². The Kier molecular flexibility index (Phi) is 8.43. The molecule has 0 radical (unpaired) electrons. The third-order valence-electron chi connectivity index (χ3n) is 4.65. The third-order valence-corrected chi connectivity index (χ3v) is 4.65. The van der Waals surface area contributed by atoms with Crippen LogP contribution in [0.15, 0.2) is 30.3 Å². The molecule has 166 valence electrons. The molecule has 8 heteroatoms. The Hall–Kier alpha value is -3.55. The van der Waals surface area contributed by atoms with Crippen LogP contribution in [-0.2, 0) is 16.0 Å². The molecule has 0 fully saturated rings. The van der Waals surface area contributed by atoms with Crippen molar-refractivity contribution in [2.24, 2.45) is 0 Å². The molecule has 2 aromatic rings. The van der Waals surface area contributed by atoms with Crippen LogP contribution < -0.4 is 14.8 Å². The number of hydrogen-bond acceptors (Lipinski definition) is 6. The summed E-state index contributed by atoms with van der Waals surface area (Å²) >= 11 is 0. The van der Waals surface area contributed by atoms with E-state index in [9.17, 15) is 19.5 Å². The summed E-state index contributed by atoms with van der Waals surface area (Å²) in [5.41, 5.74) is 1.89. The van der Waals surface area contributed by atoms with Gasteiger partial charge in [0.25, 0.3) is 0 Å². The monoisotopic (exact) mass is 429 g/mol. The first kappa shape index (κ1) is 23.7. The summed E-state index contributed by atoms with van der Waals surface area (Å²) in [5, 5.41) is 21.4. The van der Waals surface area contributed by atoms with E-state index in [1.54, 1.807) is 37.3 Å². The van der Waals surface area contributed by atoms with Crippen LogP contribution in [0.3, 0.4) is 0 Å². The number of phenols is 1. The van der Waals surface area contributed by atoms with Crippen molar-refractivity contribution < 1.29 is 34.1 Å². The highest BCUT2D eigenvalue weighted by Gasteiger charge is 2.16. The molecule has 0 atom stereocenters. The van der Waals surface area contributed by atoms with E-state index in [1.165, 1.54) is 6.92 Å². The molecule has 0 bridgehead atoms. The van der Waals surface area contributed by atoms with E-state index in [0.29, 0.717) is 54.4 Å². The fourth-order valence-electron chi connectivity index (χ4n) is 3.03. The number of anilines is 1. The first-order chi connectivity index (χ1) is 14.8. The molecular formula is C23H27NO7. The smallest absolute Gasteiger partial charge is 0.394 e. The summed E-state index contributed by atoms with van der Waals surface area (Å²) in [4.78, 5) is 33.7. The van der Waals surface area contributed by atoms with Gasteiger partial charge in [0.15, 0.2) is 5.78 Å². The van der Waals surface area contributed by atoms with Gasteiger partial charge >= 0.3 is 11.9 Å². The number of carbonyl (C=O) groups is 3. The number of Topliss-reactive ketones (excluding diaryl/α,β-unsaturated/α-hetero) is 1. The van der Waals surface area contributed by atoms with Crippen LogP contribution in [-0.4, -0.2) is 41.1 Å². The van der Waals surface area contributed by atoms with E-state index in [1.807, 2.05) is 6.92 Å². The summed E-state index contributed by atoms with van der Waals surface area (Å²) in [6, 6.07) is 8.24. The number of hydrogen-bond donors (Lipinski definition) is 3. The molecule has 2 rings (SSSR count). The number of benzene rings is 2. The number of carbonyl (C=O) groups excluding carboxylic acids is 2. The van der Waals surface area contributed by atoms with Crippen molar-refractivity contribution in [2.45, 2.75) is 40.0 Å². The highest BCUT2D eigenvalue weighted by Crippen LogP contribution is 2.33. The van der Waals surface area contributed by atoms with Gasteiger partial charge in [-0.1, -0.05) is 19.4 Å². The number of phenolic OH excluding ortho intramolecular Hbond substituents is 1. The van der Waals surface area contributed by atoms with Crippen LogP contribution >= 0.6 is 0 Å². The van der Waals surface area contributed by atoms with Crippen LogP contribution in [0, 0.1) is 6.92 Å². The first-order valence-corrected chi connectivity index (χ1v) is 10.0. The summed E-state index contributed by atoms with van der Waals surface area (Å²) in [6.07, 6.45) is 1.93. The van der Waals surface area contributed by atoms with Crippen molar-refractivity contribution in [3.8, 4) is 17.2 Å². The van der Waals surface area contributed by atoms with E-state index < -0.39 is 11.9 Å². The van der Waals surface area contributed by atoms with Crippen molar-refractivity contribution >= 4 is 23.3 Å². The Bertz CT molecular complexity index is 969. The van der Waals surface area contributed by atoms with Crippen LogP contribution in [0.1, 0.15) is 48.2 Å². The van der Waals surface area contributed by atoms with E-state index in [4.69, 9.17) is 14.6 Å². The molecule has 8 nitrogen and oxygen atoms in total. The number of ketones is 1. The van der Waals surface area contributed by atoms with Crippen molar-refractivity contribution in [2.75, 3.05) is 18.5 Å². The van der Waals surface area contributed by atoms with Crippen molar-refractivity contribution in [1.82, 2.24) is 0 Å². The zero-order valence-electron chi connectivity index (χ0n) is 17.9. The highest BCUT2D eigenvalue weighted by molar-refractivity contribution is 6.36. The van der Waals surface area contributed by atoms with E-state index >= 15 is 0 Å². The molecule has 0 aliphatic rings. The topological polar surface area (TPSA) is 122 Å². The summed E-state index contributed by atoms with van der Waals surface area (Å²) in [7, 11) is 0. The Balaban J connectivity index is 1.94. The van der Waals surface area contributed by atoms with Gasteiger partial charge in [-0.05, 0) is 44.5 Å². The molecule has 0 aliphatic carbocycles. The number of rotatable bonds is 10. The van der Waals surface area contributed by atoms with Crippen LogP contribution in [0.25, 0.3) is 0 Å². The molecule has 2 aromatic carbocycles. The molecule has 3 N–H and O–H groups in total. The van der Waals surface area contributed by atoms with Gasteiger partial charge in [-0.15, -0.1) is 0 Å². The Labute approximate surface area is 180 Å². The minimum atomic E-state index is -1.56. The fraction of sp³-hybridized carbons (Fsp3) is 0.348. The lowest BCUT2D eigenvalue weighted by Gasteiger charge is -2.15. The predicted octanol–water partition coefficient (Wildman–Crippen LogP) is 3.73. The van der Waals surface area contributed by atoms with E-state index in [0.717, 1.165) is 6.42 Å². The largest absolute Gasteiger partial charge is 0.507 e. The highest BCUT2D eigenvalue weighted by atomic mass is 16.5. The van der Waals surface area contributed by atoms with Crippen molar-refractivity contribution in [3.63, 3.8) is 0 Å². The Morgan fingerprint density at radius 1 is 1.03 bits per heavy atom. The number of carboxylic acids is 1. The second-order valence-electron chi connectivity index (χ2n) is 6.98. The number of aromatic hydroxyl groups is 1. The zero-order valence-corrected chi connectivity index (χ0v) is 17.9. The summed E-state index contributed by atoms with van der Waals surface area (Å²) in [5.74, 6) is -1.84. The lowest BCUT2D eigenvalue weighted by Crippen LogP contribution is -2.22. The molecule has 0 aromatic heterocycles. The molecule has 0 unspecified atom stereocenters. The standard InChI is InChI=1S/C23H27NO7/c1-4-7-17-20(11-10-16(15(3)25)21(17)26)31-13-6-12-30-19-9-5-8-18(14(19)2)24-22(27)23(28)29/h5,8-11,26H,4,6-7,12-13H2,1-3H3,(H,24,27)(H,28,29). The minimum absolute atomic E-state index is 0.0288. The molecule has 0 saturated heterocycles. The lowest BCUT2D eigenvalue weighted by molar-refractivity contribution is -0.147. The number of amides is 1. The maximum atomic E-state index is 11.6. The molecule has 0 heterocycles. The normalized spacial score (nSPS) is 10.4. The Morgan fingerprint density at radius 3 is 2.32 bits per heavy atom. The molecule has 0 spiro atoms. The zero-order chi connectivity index (χ0) is 23.0. The third kappa shape index (κ3) is 6.21.